The lowest BCUT2D eigenvalue weighted by Crippen LogP contribution is -2.61. The van der Waals surface area contributed by atoms with Gasteiger partial charge in [-0.05, 0) is 62.0 Å². The monoisotopic (exact) mass is 810 g/mol. The van der Waals surface area contributed by atoms with Gasteiger partial charge in [-0.1, -0.05) is 86.9 Å². The first-order valence-corrected chi connectivity index (χ1v) is 21.4. The van der Waals surface area contributed by atoms with Crippen molar-refractivity contribution in [2.75, 3.05) is 0 Å². The molecule has 0 aliphatic carbocycles. The van der Waals surface area contributed by atoms with Crippen LogP contribution in [0.15, 0.2) is 30.5 Å². The summed E-state index contributed by atoms with van der Waals surface area (Å²) in [5.41, 5.74) is 1.66. The third-order valence-corrected chi connectivity index (χ3v) is 12.4. The van der Waals surface area contributed by atoms with E-state index >= 15 is 0 Å². The molecule has 15 heteroatoms. The molecule has 316 valence electrons. The normalized spacial score (nSPS) is 28.5. The number of aromatic amines is 1. The molecule has 4 rings (SSSR count). The number of para-hydroxylation sites is 1. The van der Waals surface area contributed by atoms with Crippen molar-refractivity contribution in [2.24, 2.45) is 23.7 Å². The molecular weight excluding hydrogens is 745 g/mol. The van der Waals surface area contributed by atoms with Crippen molar-refractivity contribution in [1.29, 1.82) is 0 Å². The number of thioether (sulfide) groups is 1. The lowest BCUT2D eigenvalue weighted by atomic mass is 9.97. The molecule has 2 aliphatic heterocycles. The van der Waals surface area contributed by atoms with Gasteiger partial charge in [-0.25, -0.2) is 0 Å². The van der Waals surface area contributed by atoms with Gasteiger partial charge in [-0.2, -0.15) is 0 Å². The zero-order valence-electron chi connectivity index (χ0n) is 35.5. The topological polar surface area (TPSA) is 202 Å². The molecule has 57 heavy (non-hydrogen) atoms. The van der Waals surface area contributed by atoms with Gasteiger partial charge in [0.1, 0.15) is 36.3 Å². The molecule has 2 aromatic rings. The fraction of sp³-hybridized carbons (Fsp3) is 0.667. The number of amides is 6. The van der Waals surface area contributed by atoms with Crippen molar-refractivity contribution in [1.82, 2.24) is 42.2 Å². The molecular formula is C42H66N8O6S. The van der Waals surface area contributed by atoms with Gasteiger partial charge in [0.25, 0.3) is 0 Å². The lowest BCUT2D eigenvalue weighted by molar-refractivity contribution is -0.136. The fourth-order valence-corrected chi connectivity index (χ4v) is 9.26. The first-order valence-electron chi connectivity index (χ1n) is 20.5. The largest absolute Gasteiger partial charge is 0.361 e. The number of aromatic nitrogens is 1. The van der Waals surface area contributed by atoms with Crippen molar-refractivity contribution < 1.29 is 28.8 Å². The van der Waals surface area contributed by atoms with Crippen LogP contribution in [0.5, 0.6) is 0 Å². The Morgan fingerprint density at radius 1 is 0.649 bits per heavy atom. The van der Waals surface area contributed by atoms with Crippen molar-refractivity contribution >= 4 is 58.1 Å². The van der Waals surface area contributed by atoms with Crippen LogP contribution in [0, 0.1) is 23.7 Å². The summed E-state index contributed by atoms with van der Waals surface area (Å²) < 4.78 is -0.631. The smallest absolute Gasteiger partial charge is 0.243 e. The van der Waals surface area contributed by atoms with Crippen molar-refractivity contribution in [3.05, 3.63) is 36.0 Å². The molecule has 2 bridgehead atoms. The van der Waals surface area contributed by atoms with Crippen molar-refractivity contribution in [2.45, 2.75) is 154 Å². The molecule has 2 fully saturated rings. The Kier molecular flexibility index (Phi) is 15.6. The number of nitrogens with one attached hydrogen (secondary N) is 8. The third kappa shape index (κ3) is 11.5. The van der Waals surface area contributed by atoms with Crippen LogP contribution in [0.2, 0.25) is 0 Å². The number of carbonyl (C=O) groups excluding carboxylic acids is 6. The number of benzene rings is 1. The minimum Gasteiger partial charge on any atom is -0.361 e. The van der Waals surface area contributed by atoms with E-state index in [0.717, 1.165) is 16.5 Å². The summed E-state index contributed by atoms with van der Waals surface area (Å²) >= 11 is 1.53. The maximum atomic E-state index is 14.4. The zero-order chi connectivity index (χ0) is 42.4. The SMILES string of the molecule is CCCC1NC(=O)C2NC(SC2(C)C)C(C(C)C)NC(=O)C(C(C)C)NC(=O)C(C(C)C)NC(=O)C(CC(C)C)NC(=O)C(Cc2c[nH]c3ccccc23)NC1=O. The van der Waals surface area contributed by atoms with Gasteiger partial charge in [0, 0.05) is 28.3 Å². The van der Waals surface area contributed by atoms with E-state index in [-0.39, 0.29) is 53.7 Å². The number of carbonyl (C=O) groups is 6. The number of fused-ring (bicyclic) bond motifs is 3. The highest BCUT2D eigenvalue weighted by Crippen LogP contribution is 2.40. The second-order valence-electron chi connectivity index (χ2n) is 17.6. The first kappa shape index (κ1) is 45.6. The van der Waals surface area contributed by atoms with Crippen LogP contribution in [0.25, 0.3) is 10.9 Å². The predicted octanol–water partition coefficient (Wildman–Crippen LogP) is 3.26. The Balaban J connectivity index is 1.79. The van der Waals surface area contributed by atoms with Gasteiger partial charge in [0.2, 0.25) is 35.4 Å². The molecule has 2 saturated heterocycles. The van der Waals surface area contributed by atoms with Crippen LogP contribution in [-0.2, 0) is 35.2 Å². The second kappa shape index (κ2) is 19.6. The Morgan fingerprint density at radius 3 is 1.79 bits per heavy atom. The minimum atomic E-state index is -1.12. The molecule has 6 amide bonds. The van der Waals surface area contributed by atoms with Crippen LogP contribution in [0.4, 0.5) is 0 Å². The lowest BCUT2D eigenvalue weighted by Gasteiger charge is -2.32. The van der Waals surface area contributed by atoms with E-state index in [2.05, 4.69) is 42.2 Å². The second-order valence-corrected chi connectivity index (χ2v) is 19.4. The van der Waals surface area contributed by atoms with E-state index in [9.17, 15) is 28.8 Å². The van der Waals surface area contributed by atoms with Gasteiger partial charge in [0.15, 0.2) is 0 Å². The summed E-state index contributed by atoms with van der Waals surface area (Å²) in [7, 11) is 0. The van der Waals surface area contributed by atoms with Gasteiger partial charge >= 0.3 is 0 Å². The third-order valence-electron chi connectivity index (χ3n) is 10.8. The van der Waals surface area contributed by atoms with E-state index < -0.39 is 70.7 Å². The zero-order valence-corrected chi connectivity index (χ0v) is 36.3. The predicted molar refractivity (Wildman–Crippen MR) is 225 cm³/mol. The molecule has 1 aromatic heterocycles. The van der Waals surface area contributed by atoms with Crippen LogP contribution >= 0.6 is 11.8 Å². The molecule has 2 aliphatic rings. The summed E-state index contributed by atoms with van der Waals surface area (Å²) in [6.07, 6.45) is 3.05. The van der Waals surface area contributed by atoms with Crippen LogP contribution < -0.4 is 37.2 Å². The fourth-order valence-electron chi connectivity index (χ4n) is 7.57. The molecule has 0 spiro atoms. The number of hydrogen-bond acceptors (Lipinski definition) is 8. The Hall–Kier alpha value is -4.11. The van der Waals surface area contributed by atoms with E-state index in [0.29, 0.717) is 12.8 Å². The molecule has 14 nitrogen and oxygen atoms in total. The Morgan fingerprint density at radius 2 is 1.19 bits per heavy atom. The van der Waals surface area contributed by atoms with Crippen molar-refractivity contribution in [3.8, 4) is 0 Å². The molecule has 1 aromatic carbocycles. The van der Waals surface area contributed by atoms with Crippen molar-refractivity contribution in [3.63, 3.8) is 0 Å². The summed E-state index contributed by atoms with van der Waals surface area (Å²) in [5.74, 6) is -3.68. The Bertz CT molecular complexity index is 1760. The van der Waals surface area contributed by atoms with Gasteiger partial charge in [-0.3, -0.25) is 34.1 Å². The average molecular weight is 811 g/mol. The highest BCUT2D eigenvalue weighted by atomic mass is 32.2. The molecule has 8 N–H and O–H groups in total. The van der Waals surface area contributed by atoms with Gasteiger partial charge in [0.05, 0.1) is 11.4 Å². The van der Waals surface area contributed by atoms with Crippen LogP contribution in [0.1, 0.15) is 101 Å². The number of H-pyrrole nitrogens is 1. The molecule has 0 radical (unpaired) electrons. The molecule has 8 atom stereocenters. The summed E-state index contributed by atoms with van der Waals surface area (Å²) in [6.45, 7) is 20.9. The molecule has 8 unspecified atom stereocenters. The first-order chi connectivity index (χ1) is 26.7. The number of rotatable bonds is 9. The van der Waals surface area contributed by atoms with Crippen LogP contribution in [0.3, 0.4) is 0 Å². The van der Waals surface area contributed by atoms with Gasteiger partial charge < -0.3 is 36.9 Å². The molecule has 3 heterocycles. The minimum absolute atomic E-state index is 0.0260. The van der Waals surface area contributed by atoms with E-state index in [4.69, 9.17) is 0 Å². The highest BCUT2D eigenvalue weighted by Gasteiger charge is 2.49. The standard InChI is InChI=1S/C42H66N8O6S/c1-12-15-28-35(51)46-30(19-25-20-43-27-17-14-13-16-26(25)27)36(52)45-29(18-21(2)3)37(53)47-31(22(4)5)38(54)48-32(23(6)7)39(55)49-33(24(8)9)41-50-34(40(56)44-28)42(10,11)57-41/h13-14,16-17,20-24,28-34,41,43,50H,12,15,18-19H2,1-11H3,(H,44,56)(H,45,52)(H,46,51)(H,47,53)(H,48,54)(H,49,55). The summed E-state index contributed by atoms with van der Waals surface area (Å²) in [5, 5.41) is 21.7. The maximum Gasteiger partial charge on any atom is 0.243 e. The maximum absolute atomic E-state index is 14.4. The highest BCUT2D eigenvalue weighted by molar-refractivity contribution is 8.01. The van der Waals surface area contributed by atoms with E-state index in [1.807, 2.05) is 86.6 Å². The average Bonchev–Trinajstić information content (AvgIpc) is 3.68. The number of hydrogen-bond donors (Lipinski definition) is 8. The molecule has 0 saturated carbocycles. The van der Waals surface area contributed by atoms with Gasteiger partial charge in [-0.15, -0.1) is 11.8 Å². The van der Waals surface area contributed by atoms with E-state index in [1.165, 1.54) is 11.8 Å². The summed E-state index contributed by atoms with van der Waals surface area (Å²) in [4.78, 5) is 88.1. The van der Waals surface area contributed by atoms with E-state index in [1.54, 1.807) is 20.0 Å². The Labute approximate surface area is 342 Å². The van der Waals surface area contributed by atoms with Crippen LogP contribution in [-0.4, -0.2) is 92.8 Å². The summed E-state index contributed by atoms with van der Waals surface area (Å²) in [6, 6.07) is 1.43. The quantitative estimate of drug-likeness (QED) is 0.189.